The molecule has 0 aliphatic rings. The normalized spacial score (nSPS) is 12.6. The number of aryl methyl sites for hydroxylation is 1. The molecule has 27 heavy (non-hydrogen) atoms. The number of imidazole rings is 1. The number of anilines is 1. The third-order valence-corrected chi connectivity index (χ3v) is 4.23. The van der Waals surface area contributed by atoms with Crippen molar-refractivity contribution in [1.29, 1.82) is 0 Å². The van der Waals surface area contributed by atoms with Crippen molar-refractivity contribution in [3.05, 3.63) is 67.8 Å². The maximum Gasteiger partial charge on any atom is 0.329 e. The molecule has 2 heterocycles. The second kappa shape index (κ2) is 7.63. The Kier molecular flexibility index (Phi) is 5.27. The van der Waals surface area contributed by atoms with Crippen LogP contribution in [-0.2, 0) is 13.6 Å². The van der Waals surface area contributed by atoms with Crippen LogP contribution in [0, 0.1) is 0 Å². The van der Waals surface area contributed by atoms with Gasteiger partial charge in [0.25, 0.3) is 5.56 Å². The van der Waals surface area contributed by atoms with Crippen molar-refractivity contribution in [2.75, 3.05) is 5.43 Å². The van der Waals surface area contributed by atoms with Gasteiger partial charge in [0.05, 0.1) is 5.71 Å². The standard InChI is InChI=1S/C18H19ClN6O2/c1-11(19)9-10-25-14-15(24(3)18(27)21-16(14)26)20-17(25)23-22-12(2)13-7-5-4-6-8-13/h4-9H,10H2,1-3H3,(H,20,23)(H,21,26,27)/b11-9-,22-12?. The molecule has 0 radical (unpaired) electrons. The van der Waals surface area contributed by atoms with E-state index in [0.717, 1.165) is 11.3 Å². The molecule has 2 aromatic heterocycles. The van der Waals surface area contributed by atoms with Gasteiger partial charge in [0.2, 0.25) is 5.95 Å². The molecule has 0 bridgehead atoms. The maximum atomic E-state index is 12.3. The molecule has 140 valence electrons. The molecule has 0 atom stereocenters. The quantitative estimate of drug-likeness (QED) is 0.519. The van der Waals surface area contributed by atoms with E-state index in [9.17, 15) is 9.59 Å². The molecular weight excluding hydrogens is 368 g/mol. The van der Waals surface area contributed by atoms with E-state index in [0.29, 0.717) is 17.5 Å². The molecule has 0 amide bonds. The Bertz CT molecular complexity index is 1150. The van der Waals surface area contributed by atoms with Gasteiger partial charge in [0, 0.05) is 18.6 Å². The second-order valence-corrected chi connectivity index (χ2v) is 6.60. The van der Waals surface area contributed by atoms with Crippen molar-refractivity contribution in [2.45, 2.75) is 20.4 Å². The molecule has 1 aromatic carbocycles. The molecule has 0 saturated heterocycles. The lowest BCUT2D eigenvalue weighted by Gasteiger charge is -2.06. The zero-order valence-corrected chi connectivity index (χ0v) is 15.9. The minimum absolute atomic E-state index is 0.263. The van der Waals surface area contributed by atoms with Crippen LogP contribution in [0.2, 0.25) is 0 Å². The van der Waals surface area contributed by atoms with Gasteiger partial charge >= 0.3 is 5.69 Å². The van der Waals surface area contributed by atoms with Crippen LogP contribution < -0.4 is 16.7 Å². The zero-order chi connectivity index (χ0) is 19.6. The van der Waals surface area contributed by atoms with Gasteiger partial charge in [-0.2, -0.15) is 10.1 Å². The van der Waals surface area contributed by atoms with E-state index >= 15 is 0 Å². The van der Waals surface area contributed by atoms with Crippen LogP contribution in [0.25, 0.3) is 11.2 Å². The van der Waals surface area contributed by atoms with Crippen LogP contribution in [0.4, 0.5) is 5.95 Å². The number of hydrogen-bond acceptors (Lipinski definition) is 5. The van der Waals surface area contributed by atoms with Crippen LogP contribution in [-0.4, -0.2) is 24.8 Å². The molecule has 0 fully saturated rings. The average molecular weight is 387 g/mol. The molecule has 8 nitrogen and oxygen atoms in total. The molecule has 0 saturated carbocycles. The first kappa shape index (κ1) is 18.7. The van der Waals surface area contributed by atoms with Crippen LogP contribution in [0.1, 0.15) is 19.4 Å². The van der Waals surface area contributed by atoms with E-state index in [2.05, 4.69) is 20.5 Å². The van der Waals surface area contributed by atoms with Gasteiger partial charge in [-0.25, -0.2) is 10.2 Å². The number of aromatic nitrogens is 4. The van der Waals surface area contributed by atoms with Gasteiger partial charge in [-0.05, 0) is 19.4 Å². The first-order valence-electron chi connectivity index (χ1n) is 8.26. The fraction of sp³-hybridized carbons (Fsp3) is 0.222. The molecular formula is C18H19ClN6O2. The Hall–Kier alpha value is -3.13. The first-order chi connectivity index (χ1) is 12.9. The summed E-state index contributed by atoms with van der Waals surface area (Å²) in [5.74, 6) is 0.334. The molecule has 0 aliphatic heterocycles. The lowest BCUT2D eigenvalue weighted by atomic mass is 10.1. The predicted molar refractivity (Wildman–Crippen MR) is 107 cm³/mol. The molecule has 2 N–H and O–H groups in total. The number of allylic oxidation sites excluding steroid dienone is 2. The lowest BCUT2D eigenvalue weighted by molar-refractivity contribution is 0.818. The van der Waals surface area contributed by atoms with Crippen molar-refractivity contribution in [1.82, 2.24) is 19.1 Å². The second-order valence-electron chi connectivity index (χ2n) is 6.00. The summed E-state index contributed by atoms with van der Waals surface area (Å²) in [6, 6.07) is 9.66. The topological polar surface area (TPSA) is 97.1 Å². The van der Waals surface area contributed by atoms with Gasteiger partial charge < -0.3 is 0 Å². The average Bonchev–Trinajstić information content (AvgIpc) is 3.02. The van der Waals surface area contributed by atoms with Crippen molar-refractivity contribution < 1.29 is 0 Å². The third kappa shape index (κ3) is 3.85. The van der Waals surface area contributed by atoms with E-state index in [1.807, 2.05) is 37.3 Å². The highest BCUT2D eigenvalue weighted by Crippen LogP contribution is 2.16. The Labute approximate surface area is 159 Å². The smallest absolute Gasteiger partial charge is 0.299 e. The summed E-state index contributed by atoms with van der Waals surface area (Å²) >= 11 is 5.94. The van der Waals surface area contributed by atoms with E-state index < -0.39 is 11.2 Å². The number of hydrazone groups is 1. The Morgan fingerprint density at radius 1 is 1.30 bits per heavy atom. The van der Waals surface area contributed by atoms with E-state index in [4.69, 9.17) is 11.6 Å². The lowest BCUT2D eigenvalue weighted by Crippen LogP contribution is -2.29. The highest BCUT2D eigenvalue weighted by atomic mass is 35.5. The first-order valence-corrected chi connectivity index (χ1v) is 8.64. The minimum atomic E-state index is -0.531. The Morgan fingerprint density at radius 2 is 2.00 bits per heavy atom. The SMILES string of the molecule is CC(=NNc1nc2c(c(=O)[nH]c(=O)n2C)n1C/C=C(/C)Cl)c1ccccc1. The Morgan fingerprint density at radius 3 is 2.67 bits per heavy atom. The molecule has 0 unspecified atom stereocenters. The molecule has 3 rings (SSSR count). The summed E-state index contributed by atoms with van der Waals surface area (Å²) in [4.78, 5) is 30.9. The number of nitrogens with one attached hydrogen (secondary N) is 2. The minimum Gasteiger partial charge on any atom is -0.299 e. The summed E-state index contributed by atoms with van der Waals surface area (Å²) < 4.78 is 2.91. The summed E-state index contributed by atoms with van der Waals surface area (Å²) in [5.41, 5.74) is 4.08. The van der Waals surface area contributed by atoms with Crippen LogP contribution >= 0.6 is 11.6 Å². The van der Waals surface area contributed by atoms with Crippen LogP contribution in [0.3, 0.4) is 0 Å². The summed E-state index contributed by atoms with van der Waals surface area (Å²) in [6.45, 7) is 3.90. The number of hydrogen-bond donors (Lipinski definition) is 2. The number of H-pyrrole nitrogens is 1. The van der Waals surface area contributed by atoms with Crippen molar-refractivity contribution in [3.63, 3.8) is 0 Å². The molecule has 0 spiro atoms. The summed E-state index contributed by atoms with van der Waals surface area (Å²) in [7, 11) is 1.54. The van der Waals surface area contributed by atoms with E-state index in [1.165, 1.54) is 4.57 Å². The monoisotopic (exact) mass is 386 g/mol. The van der Waals surface area contributed by atoms with E-state index in [1.54, 1.807) is 24.6 Å². The van der Waals surface area contributed by atoms with Crippen molar-refractivity contribution >= 4 is 34.4 Å². The maximum absolute atomic E-state index is 12.3. The van der Waals surface area contributed by atoms with Gasteiger partial charge in [0.1, 0.15) is 0 Å². The number of nitrogens with zero attached hydrogens (tertiary/aromatic N) is 4. The molecule has 9 heteroatoms. The highest BCUT2D eigenvalue weighted by molar-refractivity contribution is 6.29. The predicted octanol–water partition coefficient (Wildman–Crippen LogP) is 2.40. The number of benzene rings is 1. The molecule has 0 aliphatic carbocycles. The van der Waals surface area contributed by atoms with Crippen molar-refractivity contribution in [2.24, 2.45) is 12.1 Å². The number of fused-ring (bicyclic) bond motifs is 1. The highest BCUT2D eigenvalue weighted by Gasteiger charge is 2.16. The molecule has 3 aromatic rings. The van der Waals surface area contributed by atoms with Crippen molar-refractivity contribution in [3.8, 4) is 0 Å². The van der Waals surface area contributed by atoms with Crippen LogP contribution in [0.5, 0.6) is 0 Å². The number of halogens is 1. The fourth-order valence-corrected chi connectivity index (χ4v) is 2.66. The van der Waals surface area contributed by atoms with Gasteiger partial charge in [0.15, 0.2) is 11.2 Å². The fourth-order valence-electron chi connectivity index (χ4n) is 2.59. The zero-order valence-electron chi connectivity index (χ0n) is 15.2. The number of aromatic amines is 1. The summed E-state index contributed by atoms with van der Waals surface area (Å²) in [6.07, 6.45) is 1.74. The van der Waals surface area contributed by atoms with E-state index in [-0.39, 0.29) is 11.2 Å². The van der Waals surface area contributed by atoms with Gasteiger partial charge in [-0.1, -0.05) is 48.0 Å². The number of rotatable bonds is 5. The third-order valence-electron chi connectivity index (χ3n) is 4.08. The van der Waals surface area contributed by atoms with Gasteiger partial charge in [-0.15, -0.1) is 0 Å². The Balaban J connectivity index is 2.11. The summed E-state index contributed by atoms with van der Waals surface area (Å²) in [5, 5.41) is 4.94. The van der Waals surface area contributed by atoms with Gasteiger partial charge in [-0.3, -0.25) is 18.9 Å². The largest absolute Gasteiger partial charge is 0.329 e. The van der Waals surface area contributed by atoms with Crippen LogP contribution in [0.15, 0.2) is 56.1 Å².